The third kappa shape index (κ3) is 2.44. The van der Waals surface area contributed by atoms with Crippen molar-refractivity contribution in [1.82, 2.24) is 4.98 Å². The maximum Gasteiger partial charge on any atom is 0.156 e. The molecule has 2 aromatic carbocycles. The van der Waals surface area contributed by atoms with Crippen LogP contribution >= 0.6 is 23.1 Å². The fraction of sp³-hybridized carbons (Fsp3) is 0. The fourth-order valence-electron chi connectivity index (χ4n) is 1.73. The van der Waals surface area contributed by atoms with Gasteiger partial charge in [-0.1, -0.05) is 23.9 Å². The van der Waals surface area contributed by atoms with Crippen molar-refractivity contribution in [1.29, 1.82) is 0 Å². The standard InChI is InChI=1S/C14H7F2NOS2/c15-9-5-8(7-18)6-10(16)13(9)20-14-17-11-3-1-2-4-12(11)19-14/h1-7H. The first-order valence-corrected chi connectivity index (χ1v) is 7.28. The van der Waals surface area contributed by atoms with Gasteiger partial charge in [-0.25, -0.2) is 13.8 Å². The summed E-state index contributed by atoms with van der Waals surface area (Å²) in [6, 6.07) is 9.53. The van der Waals surface area contributed by atoms with Crippen LogP contribution in [-0.4, -0.2) is 11.3 Å². The molecular formula is C14H7F2NOS2. The van der Waals surface area contributed by atoms with Crippen LogP contribution in [-0.2, 0) is 0 Å². The Morgan fingerprint density at radius 1 is 1.15 bits per heavy atom. The Hall–Kier alpha value is -1.79. The van der Waals surface area contributed by atoms with Crippen molar-refractivity contribution >= 4 is 39.6 Å². The summed E-state index contributed by atoms with van der Waals surface area (Å²) in [4.78, 5) is 14.7. The van der Waals surface area contributed by atoms with E-state index >= 15 is 0 Å². The van der Waals surface area contributed by atoms with Crippen molar-refractivity contribution in [3.8, 4) is 0 Å². The van der Waals surface area contributed by atoms with Gasteiger partial charge in [-0.2, -0.15) is 0 Å². The predicted molar refractivity (Wildman–Crippen MR) is 75.5 cm³/mol. The third-order valence-corrected chi connectivity index (χ3v) is 4.81. The minimum Gasteiger partial charge on any atom is -0.298 e. The highest BCUT2D eigenvalue weighted by molar-refractivity contribution is 8.01. The van der Waals surface area contributed by atoms with E-state index in [1.54, 1.807) is 0 Å². The number of thiazole rings is 1. The van der Waals surface area contributed by atoms with Gasteiger partial charge in [-0.05, 0) is 24.3 Å². The van der Waals surface area contributed by atoms with Crippen LogP contribution in [0.15, 0.2) is 45.6 Å². The van der Waals surface area contributed by atoms with E-state index in [1.165, 1.54) is 11.3 Å². The van der Waals surface area contributed by atoms with Gasteiger partial charge in [-0.15, -0.1) is 11.3 Å². The number of fused-ring (bicyclic) bond motifs is 1. The first kappa shape index (κ1) is 13.2. The first-order chi connectivity index (χ1) is 9.67. The summed E-state index contributed by atoms with van der Waals surface area (Å²) in [7, 11) is 0. The molecule has 0 fully saturated rings. The summed E-state index contributed by atoms with van der Waals surface area (Å²) in [5.74, 6) is -1.51. The zero-order valence-corrected chi connectivity index (χ0v) is 11.6. The number of para-hydroxylation sites is 1. The van der Waals surface area contributed by atoms with E-state index < -0.39 is 11.6 Å². The molecular weight excluding hydrogens is 300 g/mol. The molecule has 0 N–H and O–H groups in total. The lowest BCUT2D eigenvalue weighted by Crippen LogP contribution is -1.91. The van der Waals surface area contributed by atoms with Gasteiger partial charge >= 0.3 is 0 Å². The van der Waals surface area contributed by atoms with Crippen LogP contribution in [0.2, 0.25) is 0 Å². The number of hydrogen-bond donors (Lipinski definition) is 0. The minimum absolute atomic E-state index is 0.0198. The Morgan fingerprint density at radius 2 is 1.85 bits per heavy atom. The lowest BCUT2D eigenvalue weighted by atomic mass is 10.2. The van der Waals surface area contributed by atoms with Crippen molar-refractivity contribution in [2.24, 2.45) is 0 Å². The van der Waals surface area contributed by atoms with E-state index in [0.29, 0.717) is 10.6 Å². The summed E-state index contributed by atoms with van der Waals surface area (Å²) in [6.45, 7) is 0. The SMILES string of the molecule is O=Cc1cc(F)c(Sc2nc3ccccc3s2)c(F)c1. The van der Waals surface area contributed by atoms with E-state index in [-0.39, 0.29) is 10.5 Å². The maximum absolute atomic E-state index is 13.8. The monoisotopic (exact) mass is 307 g/mol. The number of benzene rings is 2. The summed E-state index contributed by atoms with van der Waals surface area (Å²) in [5, 5.41) is 0. The Bertz CT molecular complexity index is 745. The number of aromatic nitrogens is 1. The maximum atomic E-state index is 13.8. The van der Waals surface area contributed by atoms with Crippen molar-refractivity contribution in [2.75, 3.05) is 0 Å². The number of halogens is 2. The molecule has 0 saturated carbocycles. The van der Waals surface area contributed by atoms with Gasteiger partial charge in [0.2, 0.25) is 0 Å². The van der Waals surface area contributed by atoms with Crippen LogP contribution in [0.4, 0.5) is 8.78 Å². The molecule has 2 nitrogen and oxygen atoms in total. The minimum atomic E-state index is -0.753. The van der Waals surface area contributed by atoms with Gasteiger partial charge in [0.15, 0.2) is 4.34 Å². The second-order valence-electron chi connectivity index (χ2n) is 3.98. The largest absolute Gasteiger partial charge is 0.298 e. The van der Waals surface area contributed by atoms with Gasteiger partial charge in [0.1, 0.15) is 17.9 Å². The van der Waals surface area contributed by atoms with E-state index in [2.05, 4.69) is 4.98 Å². The first-order valence-electron chi connectivity index (χ1n) is 5.65. The lowest BCUT2D eigenvalue weighted by molar-refractivity contribution is 0.112. The van der Waals surface area contributed by atoms with Crippen LogP contribution in [0.1, 0.15) is 10.4 Å². The van der Waals surface area contributed by atoms with Gasteiger partial charge in [-0.3, -0.25) is 4.79 Å². The summed E-state index contributed by atoms with van der Waals surface area (Å²) in [5.41, 5.74) is 0.777. The summed E-state index contributed by atoms with van der Waals surface area (Å²) >= 11 is 2.30. The molecule has 3 aromatic rings. The second kappa shape index (κ2) is 5.30. The van der Waals surface area contributed by atoms with Gasteiger partial charge in [0, 0.05) is 5.56 Å². The molecule has 20 heavy (non-hydrogen) atoms. The van der Waals surface area contributed by atoms with Crippen LogP contribution in [0, 0.1) is 11.6 Å². The van der Waals surface area contributed by atoms with E-state index in [4.69, 9.17) is 0 Å². The Kier molecular flexibility index (Phi) is 3.50. The Labute approximate surface area is 121 Å². The summed E-state index contributed by atoms with van der Waals surface area (Å²) < 4.78 is 29.1. The average Bonchev–Trinajstić information content (AvgIpc) is 2.85. The molecule has 0 aliphatic heterocycles. The molecule has 0 atom stereocenters. The van der Waals surface area contributed by atoms with E-state index in [9.17, 15) is 13.6 Å². The number of aldehydes is 1. The molecule has 0 saturated heterocycles. The zero-order valence-electron chi connectivity index (χ0n) is 9.97. The quantitative estimate of drug-likeness (QED) is 0.665. The lowest BCUT2D eigenvalue weighted by Gasteiger charge is -2.02. The number of rotatable bonds is 3. The molecule has 0 spiro atoms. The molecule has 0 radical (unpaired) electrons. The molecule has 0 aliphatic rings. The van der Waals surface area contributed by atoms with Crippen LogP contribution < -0.4 is 0 Å². The second-order valence-corrected chi connectivity index (χ2v) is 6.27. The average molecular weight is 307 g/mol. The molecule has 6 heteroatoms. The van der Waals surface area contributed by atoms with Crippen LogP contribution in [0.3, 0.4) is 0 Å². The zero-order chi connectivity index (χ0) is 14.1. The molecule has 1 aromatic heterocycles. The Balaban J connectivity index is 2.00. The normalized spacial score (nSPS) is 10.9. The number of carbonyl (C=O) groups excluding carboxylic acids is 1. The molecule has 0 aliphatic carbocycles. The third-order valence-electron chi connectivity index (χ3n) is 2.62. The predicted octanol–water partition coefficient (Wildman–Crippen LogP) is 4.54. The van der Waals surface area contributed by atoms with E-state index in [1.807, 2.05) is 24.3 Å². The van der Waals surface area contributed by atoms with Crippen LogP contribution in [0.5, 0.6) is 0 Å². The highest BCUT2D eigenvalue weighted by Crippen LogP contribution is 2.37. The van der Waals surface area contributed by atoms with Gasteiger partial charge in [0.25, 0.3) is 0 Å². The molecule has 0 bridgehead atoms. The summed E-state index contributed by atoms with van der Waals surface area (Å²) in [6.07, 6.45) is 0.415. The topological polar surface area (TPSA) is 30.0 Å². The number of carbonyl (C=O) groups is 1. The molecule has 1 heterocycles. The van der Waals surface area contributed by atoms with Gasteiger partial charge in [0.05, 0.1) is 15.1 Å². The highest BCUT2D eigenvalue weighted by Gasteiger charge is 2.15. The highest BCUT2D eigenvalue weighted by atomic mass is 32.2. The van der Waals surface area contributed by atoms with Crippen molar-refractivity contribution < 1.29 is 13.6 Å². The fourth-order valence-corrected chi connectivity index (χ4v) is 3.74. The molecule has 3 rings (SSSR count). The molecule has 0 amide bonds. The molecule has 100 valence electrons. The van der Waals surface area contributed by atoms with Gasteiger partial charge < -0.3 is 0 Å². The van der Waals surface area contributed by atoms with Crippen LogP contribution in [0.25, 0.3) is 10.2 Å². The number of hydrogen-bond acceptors (Lipinski definition) is 4. The Morgan fingerprint density at radius 3 is 2.50 bits per heavy atom. The molecule has 0 unspecified atom stereocenters. The van der Waals surface area contributed by atoms with E-state index in [0.717, 1.165) is 34.1 Å². The number of nitrogens with zero attached hydrogens (tertiary/aromatic N) is 1. The smallest absolute Gasteiger partial charge is 0.156 e. The van der Waals surface area contributed by atoms with Crippen molar-refractivity contribution in [2.45, 2.75) is 9.24 Å². The van der Waals surface area contributed by atoms with Crippen molar-refractivity contribution in [3.05, 3.63) is 53.6 Å². The van der Waals surface area contributed by atoms with Crippen molar-refractivity contribution in [3.63, 3.8) is 0 Å².